The van der Waals surface area contributed by atoms with Crippen LogP contribution in [0.4, 0.5) is 4.39 Å². The summed E-state index contributed by atoms with van der Waals surface area (Å²) in [7, 11) is 0. The maximum absolute atomic E-state index is 12.9. The molecule has 0 fully saturated rings. The number of rotatable bonds is 5. The molecule has 1 amide bonds. The number of benzene rings is 2. The Morgan fingerprint density at radius 1 is 1.17 bits per heavy atom. The Labute approximate surface area is 139 Å². The predicted molar refractivity (Wildman–Crippen MR) is 90.7 cm³/mol. The lowest BCUT2D eigenvalue weighted by molar-refractivity contribution is 0.0948. The topological polar surface area (TPSA) is 46.9 Å². The van der Waals surface area contributed by atoms with Gasteiger partial charge in [0, 0.05) is 12.7 Å². The first-order valence-electron chi connectivity index (χ1n) is 7.77. The van der Waals surface area contributed by atoms with Gasteiger partial charge in [-0.1, -0.05) is 29.8 Å². The number of hydrogen-bond acceptors (Lipinski definition) is 2. The number of halogens is 1. The first-order chi connectivity index (χ1) is 11.6. The zero-order chi connectivity index (χ0) is 16.9. The van der Waals surface area contributed by atoms with E-state index >= 15 is 0 Å². The first kappa shape index (κ1) is 15.9. The highest BCUT2D eigenvalue weighted by Gasteiger charge is 2.09. The fourth-order valence-electron chi connectivity index (χ4n) is 2.46. The van der Waals surface area contributed by atoms with Gasteiger partial charge in [0.05, 0.1) is 5.69 Å². The van der Waals surface area contributed by atoms with Gasteiger partial charge in [-0.2, -0.15) is 5.10 Å². The largest absolute Gasteiger partial charge is 0.350 e. The lowest BCUT2D eigenvalue weighted by Crippen LogP contribution is -2.26. The maximum Gasteiger partial charge on any atom is 0.271 e. The van der Waals surface area contributed by atoms with E-state index in [4.69, 9.17) is 0 Å². The molecule has 5 heteroatoms. The lowest BCUT2D eigenvalue weighted by atomic mass is 10.1. The maximum atomic E-state index is 12.9. The van der Waals surface area contributed by atoms with Gasteiger partial charge in [-0.15, -0.1) is 0 Å². The van der Waals surface area contributed by atoms with Crippen molar-refractivity contribution >= 4 is 5.91 Å². The number of nitrogens with zero attached hydrogens (tertiary/aromatic N) is 2. The summed E-state index contributed by atoms with van der Waals surface area (Å²) < 4.78 is 14.5. The summed E-state index contributed by atoms with van der Waals surface area (Å²) >= 11 is 0. The minimum Gasteiger partial charge on any atom is -0.350 e. The summed E-state index contributed by atoms with van der Waals surface area (Å²) in [6.07, 6.45) is 2.45. The van der Waals surface area contributed by atoms with Crippen molar-refractivity contribution < 1.29 is 9.18 Å². The van der Waals surface area contributed by atoms with Gasteiger partial charge in [0.25, 0.3) is 5.91 Å². The van der Waals surface area contributed by atoms with Gasteiger partial charge in [-0.05, 0) is 49.2 Å². The molecule has 1 heterocycles. The highest BCUT2D eigenvalue weighted by molar-refractivity contribution is 5.92. The number of aromatic nitrogens is 2. The summed E-state index contributed by atoms with van der Waals surface area (Å²) in [5.41, 5.74) is 3.43. The molecule has 0 saturated carbocycles. The van der Waals surface area contributed by atoms with Crippen LogP contribution in [0.5, 0.6) is 0 Å². The van der Waals surface area contributed by atoms with E-state index in [1.54, 1.807) is 29.1 Å². The number of nitrogens with one attached hydrogen (secondary N) is 1. The van der Waals surface area contributed by atoms with E-state index in [2.05, 4.69) is 16.5 Å². The molecule has 0 saturated heterocycles. The van der Waals surface area contributed by atoms with Crippen LogP contribution in [-0.2, 0) is 6.42 Å². The number of carbonyl (C=O) groups is 1. The average Bonchev–Trinajstić information content (AvgIpc) is 3.05. The molecule has 0 bridgehead atoms. The van der Waals surface area contributed by atoms with E-state index < -0.39 is 0 Å². The van der Waals surface area contributed by atoms with Crippen molar-refractivity contribution in [2.75, 3.05) is 6.54 Å². The minimum absolute atomic E-state index is 0.219. The van der Waals surface area contributed by atoms with Gasteiger partial charge >= 0.3 is 0 Å². The fourth-order valence-corrected chi connectivity index (χ4v) is 2.46. The van der Waals surface area contributed by atoms with Crippen molar-refractivity contribution in [3.05, 3.63) is 83.4 Å². The van der Waals surface area contributed by atoms with Gasteiger partial charge in [-0.3, -0.25) is 4.79 Å². The van der Waals surface area contributed by atoms with Crippen LogP contribution in [0.3, 0.4) is 0 Å². The zero-order valence-corrected chi connectivity index (χ0v) is 13.4. The van der Waals surface area contributed by atoms with Crippen LogP contribution >= 0.6 is 0 Å². The molecule has 0 spiro atoms. The quantitative estimate of drug-likeness (QED) is 0.783. The number of carbonyl (C=O) groups excluding carboxylic acids is 1. The second-order valence-electron chi connectivity index (χ2n) is 5.62. The van der Waals surface area contributed by atoms with Gasteiger partial charge in [0.15, 0.2) is 5.69 Å². The van der Waals surface area contributed by atoms with E-state index in [1.807, 2.05) is 25.1 Å². The highest BCUT2D eigenvalue weighted by Crippen LogP contribution is 2.09. The fraction of sp³-hybridized carbons (Fsp3) is 0.158. The van der Waals surface area contributed by atoms with Crippen LogP contribution in [0.25, 0.3) is 5.69 Å². The SMILES string of the molecule is Cc1cccc(CCNC(=O)c2ccn(-c3ccc(F)cc3)n2)c1. The molecule has 0 aliphatic carbocycles. The summed E-state index contributed by atoms with van der Waals surface area (Å²) in [5.74, 6) is -0.525. The van der Waals surface area contributed by atoms with Gasteiger partial charge in [-0.25, -0.2) is 9.07 Å². The minimum atomic E-state index is -0.306. The number of hydrogen-bond donors (Lipinski definition) is 1. The van der Waals surface area contributed by atoms with Gasteiger partial charge in [0.1, 0.15) is 5.82 Å². The Hall–Kier alpha value is -2.95. The van der Waals surface area contributed by atoms with E-state index in [0.717, 1.165) is 6.42 Å². The molecule has 3 rings (SSSR count). The first-order valence-corrected chi connectivity index (χ1v) is 7.77. The molecule has 24 heavy (non-hydrogen) atoms. The Balaban J connectivity index is 1.58. The van der Waals surface area contributed by atoms with Crippen LogP contribution in [0.2, 0.25) is 0 Å². The Morgan fingerprint density at radius 2 is 1.96 bits per heavy atom. The van der Waals surface area contributed by atoms with E-state index in [0.29, 0.717) is 17.9 Å². The predicted octanol–water partition coefficient (Wildman–Crippen LogP) is 3.29. The van der Waals surface area contributed by atoms with Crippen LogP contribution in [-0.4, -0.2) is 22.2 Å². The Bertz CT molecular complexity index is 840. The van der Waals surface area contributed by atoms with Crippen molar-refractivity contribution in [2.24, 2.45) is 0 Å². The molecule has 122 valence electrons. The monoisotopic (exact) mass is 323 g/mol. The summed E-state index contributed by atoms with van der Waals surface area (Å²) in [4.78, 5) is 12.2. The second-order valence-corrected chi connectivity index (χ2v) is 5.62. The zero-order valence-electron chi connectivity index (χ0n) is 13.4. The number of aryl methyl sites for hydroxylation is 1. The normalized spacial score (nSPS) is 10.6. The van der Waals surface area contributed by atoms with Gasteiger partial charge < -0.3 is 5.32 Å². The molecule has 4 nitrogen and oxygen atoms in total. The Kier molecular flexibility index (Phi) is 4.70. The Morgan fingerprint density at radius 3 is 2.71 bits per heavy atom. The standard InChI is InChI=1S/C19H18FN3O/c1-14-3-2-4-15(13-14)9-11-21-19(24)18-10-12-23(22-18)17-7-5-16(20)6-8-17/h2-8,10,12-13H,9,11H2,1H3,(H,21,24). The van der Waals surface area contributed by atoms with Crippen molar-refractivity contribution in [1.29, 1.82) is 0 Å². The molecule has 0 aliphatic heterocycles. The van der Waals surface area contributed by atoms with Crippen molar-refractivity contribution in [2.45, 2.75) is 13.3 Å². The highest BCUT2D eigenvalue weighted by atomic mass is 19.1. The van der Waals surface area contributed by atoms with E-state index in [1.165, 1.54) is 23.3 Å². The third-order valence-corrected chi connectivity index (χ3v) is 3.69. The van der Waals surface area contributed by atoms with E-state index in [9.17, 15) is 9.18 Å². The summed E-state index contributed by atoms with van der Waals surface area (Å²) in [5, 5.41) is 7.10. The molecule has 0 aliphatic rings. The third-order valence-electron chi connectivity index (χ3n) is 3.69. The number of amides is 1. The van der Waals surface area contributed by atoms with Crippen LogP contribution in [0, 0.1) is 12.7 Å². The van der Waals surface area contributed by atoms with Crippen molar-refractivity contribution in [3.8, 4) is 5.69 Å². The molecule has 0 radical (unpaired) electrons. The van der Waals surface area contributed by atoms with Crippen LogP contribution in [0.15, 0.2) is 60.8 Å². The van der Waals surface area contributed by atoms with Crippen molar-refractivity contribution in [3.63, 3.8) is 0 Å². The lowest BCUT2D eigenvalue weighted by Gasteiger charge is -2.05. The molecular formula is C19H18FN3O. The van der Waals surface area contributed by atoms with Gasteiger partial charge in [0.2, 0.25) is 0 Å². The molecular weight excluding hydrogens is 305 g/mol. The van der Waals surface area contributed by atoms with Crippen LogP contribution in [0.1, 0.15) is 21.6 Å². The molecule has 3 aromatic rings. The van der Waals surface area contributed by atoms with Crippen LogP contribution < -0.4 is 5.32 Å². The summed E-state index contributed by atoms with van der Waals surface area (Å²) in [6.45, 7) is 2.59. The van der Waals surface area contributed by atoms with Crippen molar-refractivity contribution in [1.82, 2.24) is 15.1 Å². The molecule has 1 aromatic heterocycles. The average molecular weight is 323 g/mol. The molecule has 2 aromatic carbocycles. The molecule has 0 atom stereocenters. The molecule has 1 N–H and O–H groups in total. The second kappa shape index (κ2) is 7.08. The summed E-state index contributed by atoms with van der Waals surface area (Å²) in [6, 6.07) is 15.8. The van der Waals surface area contributed by atoms with E-state index in [-0.39, 0.29) is 11.7 Å². The third kappa shape index (κ3) is 3.87. The smallest absolute Gasteiger partial charge is 0.271 e. The molecule has 0 unspecified atom stereocenters.